The number of hydrogen-bond acceptors (Lipinski definition) is 4. The van der Waals surface area contributed by atoms with E-state index >= 15 is 0 Å². The van der Waals surface area contributed by atoms with Crippen LogP contribution in [0.15, 0.2) is 76.3 Å². The molecule has 0 bridgehead atoms. The number of nitrogens with zero attached hydrogens (tertiary/aromatic N) is 1. The molecule has 0 fully saturated rings. The Morgan fingerprint density at radius 1 is 1.07 bits per heavy atom. The lowest BCUT2D eigenvalue weighted by atomic mass is 10.1. The molecule has 0 saturated carbocycles. The van der Waals surface area contributed by atoms with Crippen LogP contribution in [-0.4, -0.2) is 23.2 Å². The lowest BCUT2D eigenvalue weighted by Crippen LogP contribution is -2.17. The van der Waals surface area contributed by atoms with Gasteiger partial charge in [0.15, 0.2) is 0 Å². The molecule has 0 atom stereocenters. The summed E-state index contributed by atoms with van der Waals surface area (Å²) >= 11 is 9.25. The molecule has 0 radical (unpaired) electrons. The number of carboxylic acid groups (broad SMARTS) is 1. The van der Waals surface area contributed by atoms with Gasteiger partial charge in [-0.2, -0.15) is 5.10 Å². The van der Waals surface area contributed by atoms with Crippen LogP contribution in [0.3, 0.4) is 0 Å². The van der Waals surface area contributed by atoms with Crippen LogP contribution in [0.1, 0.15) is 31.8 Å². The molecule has 0 aliphatic heterocycles. The van der Waals surface area contributed by atoms with Crippen molar-refractivity contribution in [3.63, 3.8) is 0 Å². The zero-order valence-corrected chi connectivity index (χ0v) is 17.9. The first-order valence-electron chi connectivity index (χ1n) is 8.76. The maximum atomic E-state index is 12.0. The summed E-state index contributed by atoms with van der Waals surface area (Å²) in [6, 6.07) is 18.4. The Bertz CT molecular complexity index is 1100. The van der Waals surface area contributed by atoms with Crippen molar-refractivity contribution < 1.29 is 19.4 Å². The van der Waals surface area contributed by atoms with Gasteiger partial charge in [-0.15, -0.1) is 0 Å². The number of carbonyl (C=O) groups is 2. The van der Waals surface area contributed by atoms with Crippen molar-refractivity contribution >= 4 is 45.6 Å². The molecule has 1 amide bonds. The van der Waals surface area contributed by atoms with E-state index in [1.54, 1.807) is 60.7 Å². The number of halogens is 2. The third kappa shape index (κ3) is 5.92. The number of benzene rings is 3. The Morgan fingerprint density at radius 2 is 1.83 bits per heavy atom. The highest BCUT2D eigenvalue weighted by Gasteiger charge is 2.07. The van der Waals surface area contributed by atoms with E-state index in [-0.39, 0.29) is 18.1 Å². The van der Waals surface area contributed by atoms with Gasteiger partial charge in [0.25, 0.3) is 5.91 Å². The van der Waals surface area contributed by atoms with Crippen molar-refractivity contribution in [2.45, 2.75) is 6.61 Å². The quantitative estimate of drug-likeness (QED) is 0.357. The molecule has 3 rings (SSSR count). The number of hydrogen-bond donors (Lipinski definition) is 2. The first-order valence-corrected chi connectivity index (χ1v) is 9.93. The summed E-state index contributed by atoms with van der Waals surface area (Å²) in [5, 5.41) is 13.6. The van der Waals surface area contributed by atoms with Crippen LogP contribution in [0.2, 0.25) is 5.02 Å². The molecule has 2 N–H and O–H groups in total. The zero-order valence-electron chi connectivity index (χ0n) is 15.5. The number of hydrazone groups is 1. The second-order valence-corrected chi connectivity index (χ2v) is 7.48. The minimum Gasteiger partial charge on any atom is -0.488 e. The van der Waals surface area contributed by atoms with E-state index < -0.39 is 5.97 Å². The maximum absolute atomic E-state index is 12.0. The van der Waals surface area contributed by atoms with Crippen LogP contribution in [0.5, 0.6) is 5.75 Å². The first-order chi connectivity index (χ1) is 14.4. The van der Waals surface area contributed by atoms with Gasteiger partial charge in [-0.25, -0.2) is 10.2 Å². The standard InChI is InChI=1S/C22H16BrClN2O4/c23-19-11-14(12-25-26-21(27)16-5-7-18(24)8-6-16)4-9-20(19)30-13-15-2-1-3-17(10-15)22(28)29/h1-12H,13H2,(H,26,27)(H,28,29)/b25-12-. The third-order valence-electron chi connectivity index (χ3n) is 4.01. The number of carbonyl (C=O) groups excluding carboxylic acids is 1. The summed E-state index contributed by atoms with van der Waals surface area (Å²) in [5.41, 5.74) is 4.61. The summed E-state index contributed by atoms with van der Waals surface area (Å²) in [7, 11) is 0. The Balaban J connectivity index is 1.58. The van der Waals surface area contributed by atoms with Crippen molar-refractivity contribution in [1.29, 1.82) is 0 Å². The summed E-state index contributed by atoms with van der Waals surface area (Å²) in [5.74, 6) is -0.728. The van der Waals surface area contributed by atoms with Gasteiger partial charge >= 0.3 is 5.97 Å². The fourth-order valence-electron chi connectivity index (χ4n) is 2.50. The number of nitrogens with one attached hydrogen (secondary N) is 1. The number of aromatic carboxylic acids is 1. The van der Waals surface area contributed by atoms with Crippen LogP contribution in [0.4, 0.5) is 0 Å². The van der Waals surface area contributed by atoms with Gasteiger partial charge in [0.1, 0.15) is 12.4 Å². The van der Waals surface area contributed by atoms with Gasteiger partial charge in [-0.05, 0) is 81.7 Å². The minimum absolute atomic E-state index is 0.211. The lowest BCUT2D eigenvalue weighted by Gasteiger charge is -2.09. The SMILES string of the molecule is O=C(O)c1cccc(COc2ccc(/C=N\NC(=O)c3ccc(Cl)cc3)cc2Br)c1. The van der Waals surface area contributed by atoms with Crippen molar-refractivity contribution in [3.8, 4) is 5.75 Å². The number of rotatable bonds is 7. The smallest absolute Gasteiger partial charge is 0.335 e. The van der Waals surface area contributed by atoms with Crippen molar-refractivity contribution in [1.82, 2.24) is 5.43 Å². The molecule has 30 heavy (non-hydrogen) atoms. The molecule has 3 aromatic rings. The summed E-state index contributed by atoms with van der Waals surface area (Å²) in [6.07, 6.45) is 1.51. The van der Waals surface area contributed by atoms with E-state index in [1.807, 2.05) is 0 Å². The third-order valence-corrected chi connectivity index (χ3v) is 4.88. The monoisotopic (exact) mass is 486 g/mol. The summed E-state index contributed by atoms with van der Waals surface area (Å²) < 4.78 is 6.46. The molecule has 152 valence electrons. The van der Waals surface area contributed by atoms with Gasteiger partial charge in [0, 0.05) is 10.6 Å². The van der Waals surface area contributed by atoms with Crippen molar-refractivity contribution in [2.75, 3.05) is 0 Å². The normalized spacial score (nSPS) is 10.7. The Kier molecular flexibility index (Phi) is 7.21. The average Bonchev–Trinajstić information content (AvgIpc) is 2.73. The molecule has 8 heteroatoms. The highest BCUT2D eigenvalue weighted by Crippen LogP contribution is 2.26. The van der Waals surface area contributed by atoms with E-state index in [2.05, 4.69) is 26.5 Å². The minimum atomic E-state index is -0.982. The molecule has 0 saturated heterocycles. The van der Waals surface area contributed by atoms with Crippen LogP contribution < -0.4 is 10.2 Å². The van der Waals surface area contributed by atoms with E-state index in [0.717, 1.165) is 11.1 Å². The molecule has 0 heterocycles. The average molecular weight is 488 g/mol. The zero-order chi connectivity index (χ0) is 21.5. The Labute approximate surface area is 186 Å². The van der Waals surface area contributed by atoms with E-state index in [4.69, 9.17) is 21.4 Å². The van der Waals surface area contributed by atoms with Crippen LogP contribution in [0.25, 0.3) is 0 Å². The molecule has 0 unspecified atom stereocenters. The lowest BCUT2D eigenvalue weighted by molar-refractivity contribution is 0.0696. The number of amides is 1. The van der Waals surface area contributed by atoms with Crippen molar-refractivity contribution in [2.24, 2.45) is 5.10 Å². The number of carboxylic acids is 1. The van der Waals surface area contributed by atoms with Crippen molar-refractivity contribution in [3.05, 3.63) is 98.5 Å². The van der Waals surface area contributed by atoms with Gasteiger partial charge in [-0.1, -0.05) is 23.7 Å². The summed E-state index contributed by atoms with van der Waals surface area (Å²) in [4.78, 5) is 23.1. The highest BCUT2D eigenvalue weighted by atomic mass is 79.9. The first kappa shape index (κ1) is 21.5. The summed E-state index contributed by atoms with van der Waals surface area (Å²) in [6.45, 7) is 0.226. The largest absolute Gasteiger partial charge is 0.488 e. The molecule has 0 aliphatic rings. The predicted octanol–water partition coefficient (Wildman–Crippen LogP) is 5.14. The molecule has 0 spiro atoms. The molecule has 0 aromatic heterocycles. The van der Waals surface area contributed by atoms with Gasteiger partial charge in [0.05, 0.1) is 16.3 Å². The fourth-order valence-corrected chi connectivity index (χ4v) is 3.14. The van der Waals surface area contributed by atoms with Crippen LogP contribution >= 0.6 is 27.5 Å². The molecule has 0 aliphatic carbocycles. The Morgan fingerprint density at radius 3 is 2.53 bits per heavy atom. The van der Waals surface area contributed by atoms with E-state index in [0.29, 0.717) is 20.8 Å². The second-order valence-electron chi connectivity index (χ2n) is 6.19. The van der Waals surface area contributed by atoms with Gasteiger partial charge in [-0.3, -0.25) is 4.79 Å². The maximum Gasteiger partial charge on any atom is 0.335 e. The number of ether oxygens (including phenoxy) is 1. The van der Waals surface area contributed by atoms with E-state index in [9.17, 15) is 9.59 Å². The molecular weight excluding hydrogens is 472 g/mol. The van der Waals surface area contributed by atoms with Gasteiger partial charge < -0.3 is 9.84 Å². The van der Waals surface area contributed by atoms with Crippen LogP contribution in [0, 0.1) is 0 Å². The van der Waals surface area contributed by atoms with Gasteiger partial charge in [0.2, 0.25) is 0 Å². The van der Waals surface area contributed by atoms with Crippen LogP contribution in [-0.2, 0) is 6.61 Å². The molecule has 3 aromatic carbocycles. The second kappa shape index (κ2) is 10.0. The van der Waals surface area contributed by atoms with E-state index in [1.165, 1.54) is 12.3 Å². The Hall–Kier alpha value is -3.16. The topological polar surface area (TPSA) is 88.0 Å². The molecule has 6 nitrogen and oxygen atoms in total. The highest BCUT2D eigenvalue weighted by molar-refractivity contribution is 9.10. The fraction of sp³-hybridized carbons (Fsp3) is 0.0455. The molecular formula is C22H16BrClN2O4. The predicted molar refractivity (Wildman–Crippen MR) is 118 cm³/mol.